The van der Waals surface area contributed by atoms with Crippen LogP contribution in [0, 0.1) is 13.8 Å². The number of phenolic OH excluding ortho intramolecular Hbond substituents is 1. The van der Waals surface area contributed by atoms with Crippen molar-refractivity contribution in [2.45, 2.75) is 13.8 Å². The van der Waals surface area contributed by atoms with E-state index in [1.54, 1.807) is 18.2 Å². The van der Waals surface area contributed by atoms with E-state index in [2.05, 4.69) is 35.2 Å². The van der Waals surface area contributed by atoms with Crippen LogP contribution >= 0.6 is 11.6 Å². The van der Waals surface area contributed by atoms with Gasteiger partial charge in [-0.1, -0.05) is 11.6 Å². The van der Waals surface area contributed by atoms with Gasteiger partial charge in [0.1, 0.15) is 17.9 Å². The summed E-state index contributed by atoms with van der Waals surface area (Å²) in [5.41, 5.74) is 4.03. The molecule has 6 N–H and O–H groups in total. The van der Waals surface area contributed by atoms with Crippen molar-refractivity contribution in [3.05, 3.63) is 52.8 Å². The number of hydrogen-bond acceptors (Lipinski definition) is 4. The van der Waals surface area contributed by atoms with E-state index in [1.165, 1.54) is 17.5 Å². The number of fused-ring (bicyclic) bond motifs is 1. The molecule has 0 aliphatic heterocycles. The molecule has 0 spiro atoms. The highest BCUT2D eigenvalue weighted by atomic mass is 35.5. The highest BCUT2D eigenvalue weighted by molar-refractivity contribution is 6.32. The first-order valence-electron chi connectivity index (χ1n) is 6.52. The molecule has 0 unspecified atom stereocenters. The molecule has 0 bridgehead atoms. The lowest BCUT2D eigenvalue weighted by Crippen LogP contribution is -1.97. The van der Waals surface area contributed by atoms with E-state index in [1.807, 2.05) is 6.07 Å². The Hall–Kier alpha value is -2.41. The first kappa shape index (κ1) is 18.6. The Morgan fingerprint density at radius 1 is 1.00 bits per heavy atom. The van der Waals surface area contributed by atoms with Crippen LogP contribution in [0.15, 0.2) is 36.7 Å². The third-order valence-corrected chi connectivity index (χ3v) is 3.76. The van der Waals surface area contributed by atoms with Crippen molar-refractivity contribution in [3.8, 4) is 5.75 Å². The van der Waals surface area contributed by atoms with Crippen molar-refractivity contribution in [2.24, 2.45) is 0 Å². The molecule has 6 nitrogen and oxygen atoms in total. The number of nitrogens with zero attached hydrogens (tertiary/aromatic N) is 2. The number of aryl methyl sites for hydroxylation is 2. The summed E-state index contributed by atoms with van der Waals surface area (Å²) in [5.74, 6) is 0.770. The topological polar surface area (TPSA) is 121 Å². The highest BCUT2D eigenvalue weighted by Crippen LogP contribution is 2.30. The number of benzene rings is 2. The van der Waals surface area contributed by atoms with Gasteiger partial charge in [-0.3, -0.25) is 0 Å². The van der Waals surface area contributed by atoms with Crippen LogP contribution in [-0.2, 0) is 0 Å². The Morgan fingerprint density at radius 2 is 1.70 bits per heavy atom. The summed E-state index contributed by atoms with van der Waals surface area (Å²) in [7, 11) is 0. The van der Waals surface area contributed by atoms with Gasteiger partial charge in [0.2, 0.25) is 0 Å². The number of rotatable bonds is 2. The van der Waals surface area contributed by atoms with Crippen molar-refractivity contribution in [3.63, 3.8) is 0 Å². The van der Waals surface area contributed by atoms with Gasteiger partial charge in [0.15, 0.2) is 0 Å². The molecule has 0 saturated carbocycles. The van der Waals surface area contributed by atoms with Gasteiger partial charge in [0.05, 0.1) is 10.5 Å². The van der Waals surface area contributed by atoms with E-state index < -0.39 is 0 Å². The lowest BCUT2D eigenvalue weighted by atomic mass is 10.1. The molecule has 1 aromatic heterocycles. The van der Waals surface area contributed by atoms with Crippen molar-refractivity contribution >= 4 is 34.0 Å². The average molecular weight is 336 g/mol. The van der Waals surface area contributed by atoms with Gasteiger partial charge in [0, 0.05) is 11.1 Å². The zero-order chi connectivity index (χ0) is 15.0. The zero-order valence-corrected chi connectivity index (χ0v) is 13.4. The fourth-order valence-corrected chi connectivity index (χ4v) is 2.32. The van der Waals surface area contributed by atoms with Crippen LogP contribution in [0.25, 0.3) is 10.9 Å². The number of nitrogens with one attached hydrogen (secondary N) is 1. The zero-order valence-electron chi connectivity index (χ0n) is 12.7. The maximum atomic E-state index is 9.46. The number of aromatic hydroxyl groups is 1. The quantitative estimate of drug-likeness (QED) is 0.699. The molecule has 0 saturated heterocycles. The third-order valence-electron chi connectivity index (χ3n) is 3.46. The Bertz CT molecular complexity index is 840. The van der Waals surface area contributed by atoms with Crippen LogP contribution in [0.1, 0.15) is 11.1 Å². The standard InChI is InChI=1S/C16H14ClN3O.2H2O/c1-9-5-12-14(6-10(9)2)18-8-19-16(12)20-11-3-4-15(21)13(17)7-11;;/h3-8,21H,1-2H3,(H,18,19,20);2*1H2. The Balaban J connectivity index is 0.00000132. The fraction of sp³-hybridized carbons (Fsp3) is 0.125. The summed E-state index contributed by atoms with van der Waals surface area (Å²) in [5, 5.41) is 13.9. The lowest BCUT2D eigenvalue weighted by molar-refractivity contribution is 0.475. The van der Waals surface area contributed by atoms with Gasteiger partial charge >= 0.3 is 0 Å². The largest absolute Gasteiger partial charge is 0.506 e. The van der Waals surface area contributed by atoms with Gasteiger partial charge < -0.3 is 21.4 Å². The molecule has 1 heterocycles. The van der Waals surface area contributed by atoms with E-state index in [-0.39, 0.29) is 16.7 Å². The second-order valence-electron chi connectivity index (χ2n) is 4.97. The molecular weight excluding hydrogens is 318 g/mol. The lowest BCUT2D eigenvalue weighted by Gasteiger charge is -2.10. The third kappa shape index (κ3) is 3.68. The molecule has 0 atom stereocenters. The highest BCUT2D eigenvalue weighted by Gasteiger charge is 2.07. The van der Waals surface area contributed by atoms with E-state index in [0.717, 1.165) is 16.6 Å². The maximum absolute atomic E-state index is 9.46. The number of aromatic nitrogens is 2. The summed E-state index contributed by atoms with van der Waals surface area (Å²) < 4.78 is 0. The molecule has 2 aromatic carbocycles. The van der Waals surface area contributed by atoms with Crippen LogP contribution in [0.3, 0.4) is 0 Å². The molecule has 7 heteroatoms. The van der Waals surface area contributed by atoms with Gasteiger partial charge in [0.25, 0.3) is 0 Å². The second-order valence-corrected chi connectivity index (χ2v) is 5.37. The number of anilines is 2. The molecular formula is C16H18ClN3O3. The van der Waals surface area contributed by atoms with E-state index in [0.29, 0.717) is 10.8 Å². The maximum Gasteiger partial charge on any atom is 0.141 e. The molecule has 0 aliphatic carbocycles. The normalized spacial score (nSPS) is 9.87. The van der Waals surface area contributed by atoms with Crippen molar-refractivity contribution in [1.29, 1.82) is 0 Å². The second kappa shape index (κ2) is 7.23. The van der Waals surface area contributed by atoms with Crippen molar-refractivity contribution in [1.82, 2.24) is 9.97 Å². The van der Waals surface area contributed by atoms with E-state index in [4.69, 9.17) is 11.6 Å². The minimum atomic E-state index is 0. The predicted molar refractivity (Wildman–Crippen MR) is 92.6 cm³/mol. The summed E-state index contributed by atoms with van der Waals surface area (Å²) in [6.07, 6.45) is 1.53. The smallest absolute Gasteiger partial charge is 0.141 e. The first-order chi connectivity index (χ1) is 10.0. The summed E-state index contributed by atoms with van der Waals surface area (Å²) in [6, 6.07) is 9.06. The number of halogens is 1. The Labute approximate surface area is 138 Å². The summed E-state index contributed by atoms with van der Waals surface area (Å²) in [4.78, 5) is 8.60. The monoisotopic (exact) mass is 335 g/mol. The van der Waals surface area contributed by atoms with Gasteiger partial charge in [-0.15, -0.1) is 0 Å². The average Bonchev–Trinajstić information content (AvgIpc) is 2.45. The van der Waals surface area contributed by atoms with Crippen LogP contribution in [0.2, 0.25) is 5.02 Å². The first-order valence-corrected chi connectivity index (χ1v) is 6.90. The minimum absolute atomic E-state index is 0. The van der Waals surface area contributed by atoms with Crippen LogP contribution in [0.4, 0.5) is 11.5 Å². The molecule has 0 amide bonds. The molecule has 122 valence electrons. The SMILES string of the molecule is Cc1cc2ncnc(Nc3ccc(O)c(Cl)c3)c2cc1C.O.O. The molecule has 3 rings (SSSR count). The summed E-state index contributed by atoms with van der Waals surface area (Å²) >= 11 is 5.92. The van der Waals surface area contributed by atoms with Gasteiger partial charge in [-0.05, 0) is 55.3 Å². The molecule has 23 heavy (non-hydrogen) atoms. The Kier molecular flexibility index (Phi) is 5.86. The van der Waals surface area contributed by atoms with Crippen LogP contribution < -0.4 is 5.32 Å². The minimum Gasteiger partial charge on any atom is -0.506 e. The van der Waals surface area contributed by atoms with E-state index in [9.17, 15) is 5.11 Å². The molecule has 0 fully saturated rings. The van der Waals surface area contributed by atoms with Crippen molar-refractivity contribution < 1.29 is 16.1 Å². The van der Waals surface area contributed by atoms with Gasteiger partial charge in [-0.25, -0.2) is 9.97 Å². The van der Waals surface area contributed by atoms with Crippen molar-refractivity contribution in [2.75, 3.05) is 5.32 Å². The number of hydrogen-bond donors (Lipinski definition) is 2. The van der Waals surface area contributed by atoms with Gasteiger partial charge in [-0.2, -0.15) is 0 Å². The van der Waals surface area contributed by atoms with Crippen LogP contribution in [-0.4, -0.2) is 26.0 Å². The molecule has 0 radical (unpaired) electrons. The summed E-state index contributed by atoms with van der Waals surface area (Å²) in [6.45, 7) is 4.12. The Morgan fingerprint density at radius 3 is 2.39 bits per heavy atom. The predicted octanol–water partition coefficient (Wildman–Crippen LogP) is 2.70. The molecule has 0 aliphatic rings. The fourth-order valence-electron chi connectivity index (χ4n) is 2.14. The van der Waals surface area contributed by atoms with E-state index >= 15 is 0 Å². The molecule has 3 aromatic rings. The van der Waals surface area contributed by atoms with Crippen LogP contribution in [0.5, 0.6) is 5.75 Å². The number of phenols is 1.